The van der Waals surface area contributed by atoms with Crippen molar-refractivity contribution in [3.63, 3.8) is 0 Å². The molecule has 0 aliphatic heterocycles. The number of hydrogen-bond donors (Lipinski definition) is 1. The zero-order valence-electron chi connectivity index (χ0n) is 11.3. The highest BCUT2D eigenvalue weighted by molar-refractivity contribution is 5.88. The Labute approximate surface area is 111 Å². The number of carbonyl (C=O) groups excluding carboxylic acids is 1. The van der Waals surface area contributed by atoms with Gasteiger partial charge in [0.25, 0.3) is 0 Å². The second-order valence-electron chi connectivity index (χ2n) is 4.28. The Bertz CT molecular complexity index is 462. The van der Waals surface area contributed by atoms with E-state index in [9.17, 15) is 9.59 Å². The molecule has 1 heterocycles. The van der Waals surface area contributed by atoms with Crippen LogP contribution in [0.4, 0.5) is 0 Å². The number of nitrogens with zero attached hydrogens (tertiary/aromatic N) is 4. The van der Waals surface area contributed by atoms with E-state index >= 15 is 0 Å². The quantitative estimate of drug-likeness (QED) is 0.785. The highest BCUT2D eigenvalue weighted by Crippen LogP contribution is 2.07. The first kappa shape index (κ1) is 15.0. The molecule has 7 heteroatoms. The van der Waals surface area contributed by atoms with Gasteiger partial charge in [0, 0.05) is 26.8 Å². The van der Waals surface area contributed by atoms with E-state index in [1.807, 2.05) is 11.8 Å². The van der Waals surface area contributed by atoms with Gasteiger partial charge in [-0.1, -0.05) is 6.92 Å². The number of aromatic carboxylic acids is 1. The summed E-state index contributed by atoms with van der Waals surface area (Å²) in [5, 5.41) is 9.05. The van der Waals surface area contributed by atoms with Crippen molar-refractivity contribution < 1.29 is 14.7 Å². The summed E-state index contributed by atoms with van der Waals surface area (Å²) in [6, 6.07) is 0. The van der Waals surface area contributed by atoms with E-state index in [1.165, 1.54) is 17.4 Å². The molecule has 104 valence electrons. The zero-order chi connectivity index (χ0) is 14.4. The number of aromatic nitrogens is 2. The third kappa shape index (κ3) is 4.29. The van der Waals surface area contributed by atoms with E-state index in [4.69, 9.17) is 5.11 Å². The molecule has 0 spiro atoms. The van der Waals surface area contributed by atoms with E-state index in [0.717, 1.165) is 0 Å². The first-order valence-corrected chi connectivity index (χ1v) is 5.90. The second-order valence-corrected chi connectivity index (χ2v) is 4.28. The van der Waals surface area contributed by atoms with Gasteiger partial charge in [0.2, 0.25) is 5.91 Å². The highest BCUT2D eigenvalue weighted by Gasteiger charge is 2.16. The van der Waals surface area contributed by atoms with Gasteiger partial charge in [-0.15, -0.1) is 0 Å². The summed E-state index contributed by atoms with van der Waals surface area (Å²) in [5.74, 6) is -1.10. The van der Waals surface area contributed by atoms with Crippen LogP contribution in [0, 0.1) is 0 Å². The van der Waals surface area contributed by atoms with Gasteiger partial charge in [-0.2, -0.15) is 0 Å². The number of likely N-dealkylation sites (N-methyl/N-ethyl adjacent to an activating group) is 2. The number of amides is 1. The molecular weight excluding hydrogens is 248 g/mol. The molecule has 0 aliphatic rings. The molecule has 1 aromatic rings. The fraction of sp³-hybridized carbons (Fsp3) is 0.500. The number of rotatable bonds is 6. The van der Waals surface area contributed by atoms with Crippen LogP contribution >= 0.6 is 0 Å². The molecule has 0 aliphatic carbocycles. The molecule has 1 amide bonds. The third-order valence-electron chi connectivity index (χ3n) is 2.70. The standard InChI is InChI=1S/C12H18N4O3/c1-4-16(7-11(17)15(2)3)6-10-9(12(18)19)5-13-8-14-10/h5,8H,4,6-7H2,1-3H3,(H,18,19). The lowest BCUT2D eigenvalue weighted by atomic mass is 10.2. The Balaban J connectivity index is 2.81. The van der Waals surface area contributed by atoms with Crippen LogP contribution in [-0.4, -0.2) is 63.9 Å². The maximum Gasteiger partial charge on any atom is 0.339 e. The maximum absolute atomic E-state index is 11.7. The fourth-order valence-corrected chi connectivity index (χ4v) is 1.48. The van der Waals surface area contributed by atoms with Crippen molar-refractivity contribution >= 4 is 11.9 Å². The van der Waals surface area contributed by atoms with Crippen LogP contribution in [-0.2, 0) is 11.3 Å². The molecule has 0 saturated carbocycles. The minimum Gasteiger partial charge on any atom is -0.478 e. The van der Waals surface area contributed by atoms with Crippen LogP contribution in [0.2, 0.25) is 0 Å². The normalized spacial score (nSPS) is 10.5. The number of carboxylic acids is 1. The summed E-state index contributed by atoms with van der Waals surface area (Å²) in [6.07, 6.45) is 2.58. The van der Waals surface area contributed by atoms with Crippen molar-refractivity contribution in [2.75, 3.05) is 27.2 Å². The molecule has 19 heavy (non-hydrogen) atoms. The first-order chi connectivity index (χ1) is 8.95. The van der Waals surface area contributed by atoms with Crippen molar-refractivity contribution in [3.05, 3.63) is 23.8 Å². The molecule has 0 unspecified atom stereocenters. The molecule has 7 nitrogen and oxygen atoms in total. The van der Waals surface area contributed by atoms with Gasteiger partial charge in [-0.25, -0.2) is 14.8 Å². The zero-order valence-corrected chi connectivity index (χ0v) is 11.3. The number of hydrogen-bond acceptors (Lipinski definition) is 5. The molecule has 0 radical (unpaired) electrons. The number of carbonyl (C=O) groups is 2. The molecule has 1 rings (SSSR count). The lowest BCUT2D eigenvalue weighted by Crippen LogP contribution is -2.36. The van der Waals surface area contributed by atoms with Gasteiger partial charge in [0.05, 0.1) is 12.2 Å². The molecule has 1 N–H and O–H groups in total. The van der Waals surface area contributed by atoms with E-state index in [2.05, 4.69) is 9.97 Å². The summed E-state index contributed by atoms with van der Waals surface area (Å²) < 4.78 is 0. The van der Waals surface area contributed by atoms with Crippen molar-refractivity contribution in [1.29, 1.82) is 0 Å². The van der Waals surface area contributed by atoms with Crippen molar-refractivity contribution in [2.45, 2.75) is 13.5 Å². The Morgan fingerprint density at radius 2 is 2.05 bits per heavy atom. The van der Waals surface area contributed by atoms with Crippen LogP contribution < -0.4 is 0 Å². The fourth-order valence-electron chi connectivity index (χ4n) is 1.48. The van der Waals surface area contributed by atoms with E-state index < -0.39 is 5.97 Å². The minimum atomic E-state index is -1.06. The van der Waals surface area contributed by atoms with Gasteiger partial charge in [-0.05, 0) is 6.54 Å². The molecule has 0 bridgehead atoms. The SMILES string of the molecule is CCN(CC(=O)N(C)C)Cc1ncncc1C(=O)O. The third-order valence-corrected chi connectivity index (χ3v) is 2.70. The number of carboxylic acid groups (broad SMARTS) is 1. The van der Waals surface area contributed by atoms with Gasteiger partial charge in [0.1, 0.15) is 11.9 Å². The smallest absolute Gasteiger partial charge is 0.339 e. The monoisotopic (exact) mass is 266 g/mol. The molecule has 0 atom stereocenters. The predicted octanol–water partition coefficient (Wildman–Crippen LogP) is 0.0849. The average molecular weight is 266 g/mol. The molecule has 0 saturated heterocycles. The van der Waals surface area contributed by atoms with E-state index in [1.54, 1.807) is 14.1 Å². The highest BCUT2D eigenvalue weighted by atomic mass is 16.4. The second kappa shape index (κ2) is 6.79. The van der Waals surface area contributed by atoms with Crippen LogP contribution in [0.15, 0.2) is 12.5 Å². The van der Waals surface area contributed by atoms with Crippen LogP contribution in [0.5, 0.6) is 0 Å². The summed E-state index contributed by atoms with van der Waals surface area (Å²) in [5.41, 5.74) is 0.481. The molecule has 0 fully saturated rings. The lowest BCUT2D eigenvalue weighted by Gasteiger charge is -2.21. The van der Waals surface area contributed by atoms with Gasteiger partial charge in [-0.3, -0.25) is 9.69 Å². The summed E-state index contributed by atoms with van der Waals surface area (Å²) in [7, 11) is 3.37. The summed E-state index contributed by atoms with van der Waals surface area (Å²) in [6.45, 7) is 3.07. The van der Waals surface area contributed by atoms with Crippen LogP contribution in [0.1, 0.15) is 23.0 Å². The van der Waals surface area contributed by atoms with Crippen LogP contribution in [0.3, 0.4) is 0 Å². The summed E-state index contributed by atoms with van der Waals surface area (Å²) >= 11 is 0. The van der Waals surface area contributed by atoms with E-state index in [-0.39, 0.29) is 18.0 Å². The van der Waals surface area contributed by atoms with Crippen molar-refractivity contribution in [3.8, 4) is 0 Å². The Hall–Kier alpha value is -2.02. The minimum absolute atomic E-state index is 0.0345. The van der Waals surface area contributed by atoms with Crippen molar-refractivity contribution in [2.24, 2.45) is 0 Å². The first-order valence-electron chi connectivity index (χ1n) is 5.90. The van der Waals surface area contributed by atoms with Gasteiger partial charge in [0.15, 0.2) is 0 Å². The van der Waals surface area contributed by atoms with Crippen LogP contribution in [0.25, 0.3) is 0 Å². The molecule has 0 aromatic carbocycles. The molecule has 1 aromatic heterocycles. The molecular formula is C12H18N4O3. The largest absolute Gasteiger partial charge is 0.478 e. The summed E-state index contributed by atoms with van der Waals surface area (Å²) in [4.78, 5) is 33.7. The topological polar surface area (TPSA) is 86.6 Å². The van der Waals surface area contributed by atoms with Gasteiger partial charge < -0.3 is 10.0 Å². The lowest BCUT2D eigenvalue weighted by molar-refractivity contribution is -0.130. The van der Waals surface area contributed by atoms with E-state index in [0.29, 0.717) is 18.8 Å². The Morgan fingerprint density at radius 3 is 2.58 bits per heavy atom. The maximum atomic E-state index is 11.7. The predicted molar refractivity (Wildman–Crippen MR) is 68.6 cm³/mol. The average Bonchev–Trinajstić information content (AvgIpc) is 2.37. The Kier molecular flexibility index (Phi) is 5.37. The Morgan fingerprint density at radius 1 is 1.37 bits per heavy atom. The van der Waals surface area contributed by atoms with Gasteiger partial charge >= 0.3 is 5.97 Å². The van der Waals surface area contributed by atoms with Crippen molar-refractivity contribution in [1.82, 2.24) is 19.8 Å².